The largest absolute Gasteiger partial charge is 0.396 e. The molecule has 0 radical (unpaired) electrons. The topological polar surface area (TPSA) is 64.3 Å². The molecule has 22 heavy (non-hydrogen) atoms. The summed E-state index contributed by atoms with van der Waals surface area (Å²) in [6, 6.07) is 8.87. The van der Waals surface area contributed by atoms with E-state index in [0.717, 1.165) is 31.7 Å². The number of likely N-dealkylation sites (tertiary alicyclic amines) is 1. The molecule has 1 aromatic rings. The van der Waals surface area contributed by atoms with Crippen LogP contribution in [0.25, 0.3) is 0 Å². The highest BCUT2D eigenvalue weighted by atomic mass is 16.3. The number of carbonyl (C=O) groups excluding carboxylic acids is 1. The second kappa shape index (κ2) is 6.10. The second-order valence-electron chi connectivity index (χ2n) is 6.83. The molecule has 2 aliphatic rings. The number of benzene rings is 1. The minimum Gasteiger partial charge on any atom is -0.396 e. The highest BCUT2D eigenvalue weighted by Gasteiger charge is 2.41. The Kier molecular flexibility index (Phi) is 4.17. The molecule has 4 nitrogen and oxygen atoms in total. The zero-order valence-electron chi connectivity index (χ0n) is 12.8. The Labute approximate surface area is 131 Å². The Bertz CT molecular complexity index is 586. The average Bonchev–Trinajstić information content (AvgIpc) is 3.38. The van der Waals surface area contributed by atoms with E-state index in [9.17, 15) is 9.90 Å². The van der Waals surface area contributed by atoms with Crippen molar-refractivity contribution in [1.82, 2.24) is 4.90 Å². The number of aliphatic hydroxyl groups is 1. The van der Waals surface area contributed by atoms with Crippen molar-refractivity contribution in [2.75, 3.05) is 19.7 Å². The minimum atomic E-state index is -0.109. The predicted molar refractivity (Wildman–Crippen MR) is 83.2 cm³/mol. The van der Waals surface area contributed by atoms with E-state index in [0.29, 0.717) is 17.7 Å². The molecular formula is C18H22N2O2. The number of nitriles is 1. The van der Waals surface area contributed by atoms with Gasteiger partial charge in [-0.05, 0) is 49.4 Å². The highest BCUT2D eigenvalue weighted by molar-refractivity contribution is 5.94. The van der Waals surface area contributed by atoms with Gasteiger partial charge >= 0.3 is 0 Å². The molecule has 116 valence electrons. The van der Waals surface area contributed by atoms with Crippen molar-refractivity contribution in [2.45, 2.75) is 32.1 Å². The molecule has 1 aliphatic carbocycles. The first-order chi connectivity index (χ1) is 10.7. The van der Waals surface area contributed by atoms with Crippen LogP contribution in [0.4, 0.5) is 0 Å². The van der Waals surface area contributed by atoms with Crippen LogP contribution in [0.2, 0.25) is 0 Å². The third-order valence-corrected chi connectivity index (χ3v) is 4.96. The standard InChI is InChI=1S/C18H22N2O2/c19-11-15-4-6-16(7-5-15)17(22)20-9-1-8-18(12-20,13-21)10-14-2-3-14/h4-7,14,21H,1-3,8-10,12-13H2/t18-/m0/s1. The van der Waals surface area contributed by atoms with Gasteiger partial charge in [-0.15, -0.1) is 0 Å². The van der Waals surface area contributed by atoms with Crippen LogP contribution in [0.3, 0.4) is 0 Å². The summed E-state index contributed by atoms with van der Waals surface area (Å²) in [4.78, 5) is 14.5. The Morgan fingerprint density at radius 3 is 2.68 bits per heavy atom. The lowest BCUT2D eigenvalue weighted by atomic mass is 9.76. The number of rotatable bonds is 4. The molecule has 0 aromatic heterocycles. The maximum absolute atomic E-state index is 12.7. The van der Waals surface area contributed by atoms with Gasteiger partial charge in [-0.3, -0.25) is 4.79 Å². The number of nitrogens with zero attached hydrogens (tertiary/aromatic N) is 2. The maximum Gasteiger partial charge on any atom is 0.253 e. The summed E-state index contributed by atoms with van der Waals surface area (Å²) in [5.74, 6) is 0.759. The summed E-state index contributed by atoms with van der Waals surface area (Å²) < 4.78 is 0. The van der Waals surface area contributed by atoms with Gasteiger partial charge in [0, 0.05) is 24.1 Å². The van der Waals surface area contributed by atoms with Gasteiger partial charge in [0.1, 0.15) is 0 Å². The monoisotopic (exact) mass is 298 g/mol. The SMILES string of the molecule is N#Cc1ccc(C(=O)N2CCC[C@](CO)(CC3CC3)C2)cc1. The van der Waals surface area contributed by atoms with E-state index in [2.05, 4.69) is 6.07 Å². The lowest BCUT2D eigenvalue weighted by Gasteiger charge is -2.42. The number of piperidine rings is 1. The van der Waals surface area contributed by atoms with Gasteiger partial charge in [-0.2, -0.15) is 5.26 Å². The van der Waals surface area contributed by atoms with Crippen molar-refractivity contribution >= 4 is 5.91 Å². The van der Waals surface area contributed by atoms with E-state index in [1.54, 1.807) is 24.3 Å². The summed E-state index contributed by atoms with van der Waals surface area (Å²) >= 11 is 0. The van der Waals surface area contributed by atoms with E-state index >= 15 is 0 Å². The van der Waals surface area contributed by atoms with E-state index in [-0.39, 0.29) is 17.9 Å². The molecule has 3 rings (SSSR count). The second-order valence-corrected chi connectivity index (χ2v) is 6.83. The number of hydrogen-bond donors (Lipinski definition) is 1. The number of amides is 1. The quantitative estimate of drug-likeness (QED) is 0.929. The zero-order valence-corrected chi connectivity index (χ0v) is 12.8. The number of carbonyl (C=O) groups is 1. The third-order valence-electron chi connectivity index (χ3n) is 4.96. The first kappa shape index (κ1) is 15.1. The van der Waals surface area contributed by atoms with Crippen LogP contribution in [0.5, 0.6) is 0 Å². The maximum atomic E-state index is 12.7. The van der Waals surface area contributed by atoms with E-state index in [1.165, 1.54) is 12.8 Å². The third kappa shape index (κ3) is 3.15. The summed E-state index contributed by atoms with van der Waals surface area (Å²) in [6.07, 6.45) is 5.55. The first-order valence-electron chi connectivity index (χ1n) is 8.06. The fourth-order valence-electron chi connectivity index (χ4n) is 3.55. The molecule has 4 heteroatoms. The van der Waals surface area contributed by atoms with E-state index in [1.807, 2.05) is 4.90 Å². The van der Waals surface area contributed by atoms with Gasteiger partial charge in [0.15, 0.2) is 0 Å². The van der Waals surface area contributed by atoms with Gasteiger partial charge in [0.25, 0.3) is 5.91 Å². The van der Waals surface area contributed by atoms with Crippen LogP contribution in [-0.2, 0) is 0 Å². The molecule has 0 unspecified atom stereocenters. The number of hydrogen-bond acceptors (Lipinski definition) is 3. The molecule has 1 aromatic carbocycles. The van der Waals surface area contributed by atoms with Crippen LogP contribution < -0.4 is 0 Å². The summed E-state index contributed by atoms with van der Waals surface area (Å²) in [5.41, 5.74) is 1.08. The van der Waals surface area contributed by atoms with Crippen LogP contribution in [0.1, 0.15) is 48.0 Å². The lowest BCUT2D eigenvalue weighted by molar-refractivity contribution is 0.0196. The summed E-state index contributed by atoms with van der Waals surface area (Å²) in [6.45, 7) is 1.57. The highest BCUT2D eigenvalue weighted by Crippen LogP contribution is 2.44. The minimum absolute atomic E-state index is 0.0119. The van der Waals surface area contributed by atoms with Gasteiger partial charge in [0.05, 0.1) is 18.2 Å². The fourth-order valence-corrected chi connectivity index (χ4v) is 3.55. The molecule has 1 heterocycles. The van der Waals surface area contributed by atoms with Crippen molar-refractivity contribution < 1.29 is 9.90 Å². The molecule has 0 bridgehead atoms. The average molecular weight is 298 g/mol. The van der Waals surface area contributed by atoms with Crippen LogP contribution in [0.15, 0.2) is 24.3 Å². The Hall–Kier alpha value is -1.86. The smallest absolute Gasteiger partial charge is 0.253 e. The molecule has 1 saturated heterocycles. The zero-order chi connectivity index (χ0) is 15.6. The molecule has 1 saturated carbocycles. The van der Waals surface area contributed by atoms with Crippen molar-refractivity contribution in [3.8, 4) is 6.07 Å². The lowest BCUT2D eigenvalue weighted by Crippen LogP contribution is -2.48. The molecule has 2 fully saturated rings. The molecule has 1 aliphatic heterocycles. The van der Waals surface area contributed by atoms with Gasteiger partial charge in [-0.1, -0.05) is 12.8 Å². The van der Waals surface area contributed by atoms with Crippen molar-refractivity contribution in [3.05, 3.63) is 35.4 Å². The van der Waals surface area contributed by atoms with E-state index < -0.39 is 0 Å². The predicted octanol–water partition coefficient (Wildman–Crippen LogP) is 2.57. The molecule has 1 N–H and O–H groups in total. The molecule has 1 atom stereocenters. The van der Waals surface area contributed by atoms with E-state index in [4.69, 9.17) is 5.26 Å². The summed E-state index contributed by atoms with van der Waals surface area (Å²) in [5, 5.41) is 18.7. The van der Waals surface area contributed by atoms with Gasteiger partial charge < -0.3 is 10.0 Å². The Morgan fingerprint density at radius 1 is 1.36 bits per heavy atom. The normalized spacial score (nSPS) is 24.8. The van der Waals surface area contributed by atoms with Crippen LogP contribution in [-0.4, -0.2) is 35.6 Å². The van der Waals surface area contributed by atoms with Crippen LogP contribution in [0, 0.1) is 22.7 Å². The first-order valence-corrected chi connectivity index (χ1v) is 8.06. The van der Waals surface area contributed by atoms with Gasteiger partial charge in [-0.25, -0.2) is 0 Å². The van der Waals surface area contributed by atoms with Crippen molar-refractivity contribution in [3.63, 3.8) is 0 Å². The van der Waals surface area contributed by atoms with Crippen molar-refractivity contribution in [2.24, 2.45) is 11.3 Å². The molecular weight excluding hydrogens is 276 g/mol. The Balaban J connectivity index is 1.72. The van der Waals surface area contributed by atoms with Gasteiger partial charge in [0.2, 0.25) is 0 Å². The van der Waals surface area contributed by atoms with Crippen molar-refractivity contribution in [1.29, 1.82) is 5.26 Å². The molecule has 1 amide bonds. The van der Waals surface area contributed by atoms with Crippen LogP contribution >= 0.6 is 0 Å². The molecule has 0 spiro atoms. The Morgan fingerprint density at radius 2 is 2.09 bits per heavy atom. The number of aliphatic hydroxyl groups excluding tert-OH is 1. The summed E-state index contributed by atoms with van der Waals surface area (Å²) in [7, 11) is 0. The fraction of sp³-hybridized carbons (Fsp3) is 0.556.